The molecule has 1 aliphatic heterocycles. The molecule has 5 nitrogen and oxygen atoms in total. The molecular weight excluding hydrogens is 242 g/mol. The number of anilines is 2. The summed E-state index contributed by atoms with van der Waals surface area (Å²) in [5, 5.41) is 3.38. The van der Waals surface area contributed by atoms with Gasteiger partial charge in [-0.05, 0) is 18.2 Å². The SMILES string of the molecule is CN1C(=O)CC(Nc2ccc(N)cc2Cl)C1=O. The highest BCUT2D eigenvalue weighted by atomic mass is 35.5. The Morgan fingerprint density at radius 1 is 1.47 bits per heavy atom. The van der Waals surface area contributed by atoms with Crippen molar-refractivity contribution in [2.75, 3.05) is 18.1 Å². The van der Waals surface area contributed by atoms with Gasteiger partial charge in [-0.25, -0.2) is 0 Å². The van der Waals surface area contributed by atoms with E-state index in [1.807, 2.05) is 0 Å². The number of rotatable bonds is 2. The summed E-state index contributed by atoms with van der Waals surface area (Å²) in [6, 6.07) is 4.41. The van der Waals surface area contributed by atoms with Gasteiger partial charge >= 0.3 is 0 Å². The fourth-order valence-electron chi connectivity index (χ4n) is 1.70. The number of nitrogens with one attached hydrogen (secondary N) is 1. The first kappa shape index (κ1) is 11.7. The minimum atomic E-state index is -0.548. The molecule has 2 amide bonds. The number of benzene rings is 1. The fourth-order valence-corrected chi connectivity index (χ4v) is 1.95. The Balaban J connectivity index is 2.17. The van der Waals surface area contributed by atoms with Crippen LogP contribution < -0.4 is 11.1 Å². The van der Waals surface area contributed by atoms with Crippen molar-refractivity contribution < 1.29 is 9.59 Å². The highest BCUT2D eigenvalue weighted by Crippen LogP contribution is 2.26. The molecule has 0 aliphatic carbocycles. The third-order valence-electron chi connectivity index (χ3n) is 2.70. The standard InChI is InChI=1S/C11H12ClN3O2/c1-15-10(16)5-9(11(15)17)14-8-3-2-6(13)4-7(8)12/h2-4,9,14H,5,13H2,1H3. The molecule has 1 aromatic rings. The number of amides is 2. The maximum Gasteiger partial charge on any atom is 0.251 e. The van der Waals surface area contributed by atoms with E-state index in [2.05, 4.69) is 5.32 Å². The third kappa shape index (κ3) is 2.19. The van der Waals surface area contributed by atoms with Crippen LogP contribution in [0.2, 0.25) is 5.02 Å². The van der Waals surface area contributed by atoms with E-state index in [4.69, 9.17) is 17.3 Å². The van der Waals surface area contributed by atoms with Gasteiger partial charge in [-0.2, -0.15) is 0 Å². The number of nitrogens with two attached hydrogens (primary N) is 1. The van der Waals surface area contributed by atoms with Crippen molar-refractivity contribution in [3.05, 3.63) is 23.2 Å². The molecule has 2 rings (SSSR count). The Bertz CT molecular complexity index is 490. The van der Waals surface area contributed by atoms with Crippen LogP contribution in [0.3, 0.4) is 0 Å². The first-order valence-corrected chi connectivity index (χ1v) is 5.49. The lowest BCUT2D eigenvalue weighted by molar-refractivity contribution is -0.136. The minimum Gasteiger partial charge on any atom is -0.399 e. The van der Waals surface area contributed by atoms with E-state index in [-0.39, 0.29) is 18.2 Å². The first-order valence-electron chi connectivity index (χ1n) is 5.11. The molecule has 1 aromatic carbocycles. The van der Waals surface area contributed by atoms with Crippen LogP contribution >= 0.6 is 11.6 Å². The topological polar surface area (TPSA) is 75.4 Å². The van der Waals surface area contributed by atoms with Gasteiger partial charge in [0.2, 0.25) is 5.91 Å². The van der Waals surface area contributed by atoms with Gasteiger partial charge in [-0.1, -0.05) is 11.6 Å². The van der Waals surface area contributed by atoms with Gasteiger partial charge < -0.3 is 11.1 Å². The van der Waals surface area contributed by atoms with Crippen LogP contribution in [0.15, 0.2) is 18.2 Å². The average molecular weight is 254 g/mol. The molecule has 90 valence electrons. The Labute approximate surface area is 104 Å². The molecule has 1 unspecified atom stereocenters. The molecule has 0 aromatic heterocycles. The minimum absolute atomic E-state index is 0.149. The predicted octanol–water partition coefficient (Wildman–Crippen LogP) is 1.09. The Kier molecular flexibility index (Phi) is 2.93. The average Bonchev–Trinajstić information content (AvgIpc) is 2.50. The van der Waals surface area contributed by atoms with Crippen molar-refractivity contribution in [1.29, 1.82) is 0 Å². The van der Waals surface area contributed by atoms with Gasteiger partial charge in [0, 0.05) is 12.7 Å². The highest BCUT2D eigenvalue weighted by molar-refractivity contribution is 6.33. The van der Waals surface area contributed by atoms with E-state index in [1.165, 1.54) is 7.05 Å². The molecular formula is C11H12ClN3O2. The van der Waals surface area contributed by atoms with E-state index in [9.17, 15) is 9.59 Å². The molecule has 1 heterocycles. The maximum absolute atomic E-state index is 11.7. The molecule has 17 heavy (non-hydrogen) atoms. The van der Waals surface area contributed by atoms with E-state index in [1.54, 1.807) is 18.2 Å². The fraction of sp³-hybridized carbons (Fsp3) is 0.273. The highest BCUT2D eigenvalue weighted by Gasteiger charge is 2.36. The lowest BCUT2D eigenvalue weighted by Crippen LogP contribution is -2.31. The van der Waals surface area contributed by atoms with Gasteiger partial charge in [-0.3, -0.25) is 14.5 Å². The van der Waals surface area contributed by atoms with Gasteiger partial charge in [0.1, 0.15) is 6.04 Å². The zero-order valence-electron chi connectivity index (χ0n) is 9.24. The van der Waals surface area contributed by atoms with Crippen LogP contribution in [0.1, 0.15) is 6.42 Å². The second-order valence-electron chi connectivity index (χ2n) is 3.93. The Morgan fingerprint density at radius 3 is 2.71 bits per heavy atom. The van der Waals surface area contributed by atoms with Crippen molar-refractivity contribution in [2.45, 2.75) is 12.5 Å². The monoisotopic (exact) mass is 253 g/mol. The van der Waals surface area contributed by atoms with Crippen LogP contribution in [0.25, 0.3) is 0 Å². The number of hydrogen-bond acceptors (Lipinski definition) is 4. The van der Waals surface area contributed by atoms with Crippen LogP contribution in [0, 0.1) is 0 Å². The summed E-state index contributed by atoms with van der Waals surface area (Å²) in [4.78, 5) is 24.1. The van der Waals surface area contributed by atoms with Crippen LogP contribution in [-0.2, 0) is 9.59 Å². The number of likely N-dealkylation sites (N-methyl/N-ethyl adjacent to an activating group) is 1. The first-order chi connectivity index (χ1) is 7.99. The summed E-state index contributed by atoms with van der Waals surface area (Å²) in [6.45, 7) is 0. The van der Waals surface area contributed by atoms with Crippen molar-refractivity contribution in [2.24, 2.45) is 0 Å². The Morgan fingerprint density at radius 2 is 2.18 bits per heavy atom. The van der Waals surface area contributed by atoms with Gasteiger partial charge in [-0.15, -0.1) is 0 Å². The second kappa shape index (κ2) is 4.25. The van der Waals surface area contributed by atoms with Gasteiger partial charge in [0.15, 0.2) is 0 Å². The third-order valence-corrected chi connectivity index (χ3v) is 3.02. The summed E-state index contributed by atoms with van der Waals surface area (Å²) in [6.07, 6.45) is 0.149. The van der Waals surface area contributed by atoms with Crippen molar-refractivity contribution in [3.8, 4) is 0 Å². The summed E-state index contributed by atoms with van der Waals surface area (Å²) < 4.78 is 0. The number of hydrogen-bond donors (Lipinski definition) is 2. The summed E-state index contributed by atoms with van der Waals surface area (Å²) in [5.74, 6) is -0.443. The van der Waals surface area contributed by atoms with Crippen LogP contribution in [-0.4, -0.2) is 29.8 Å². The van der Waals surface area contributed by atoms with Gasteiger partial charge in [0.05, 0.1) is 17.1 Å². The summed E-state index contributed by atoms with van der Waals surface area (Å²) >= 11 is 5.98. The van der Waals surface area contributed by atoms with Crippen molar-refractivity contribution >= 4 is 34.8 Å². The van der Waals surface area contributed by atoms with E-state index in [0.717, 1.165) is 4.90 Å². The molecule has 3 N–H and O–H groups in total. The van der Waals surface area contributed by atoms with Crippen molar-refractivity contribution in [1.82, 2.24) is 4.90 Å². The van der Waals surface area contributed by atoms with E-state index < -0.39 is 6.04 Å². The smallest absolute Gasteiger partial charge is 0.251 e. The van der Waals surface area contributed by atoms with Crippen LogP contribution in [0.5, 0.6) is 0 Å². The zero-order chi connectivity index (χ0) is 12.6. The Hall–Kier alpha value is -1.75. The molecule has 0 saturated carbocycles. The molecule has 1 atom stereocenters. The lowest BCUT2D eigenvalue weighted by atomic mass is 10.2. The zero-order valence-corrected chi connectivity index (χ0v) is 9.99. The molecule has 1 fully saturated rings. The lowest BCUT2D eigenvalue weighted by Gasteiger charge is -2.13. The number of nitrogen functional groups attached to an aromatic ring is 1. The number of imide groups is 1. The number of carbonyl (C=O) groups is 2. The number of likely N-dealkylation sites (tertiary alicyclic amines) is 1. The molecule has 0 spiro atoms. The molecule has 6 heteroatoms. The number of carbonyl (C=O) groups excluding carboxylic acids is 2. The van der Waals surface area contributed by atoms with E-state index in [0.29, 0.717) is 16.4 Å². The van der Waals surface area contributed by atoms with Crippen LogP contribution in [0.4, 0.5) is 11.4 Å². The van der Waals surface area contributed by atoms with E-state index >= 15 is 0 Å². The molecule has 0 radical (unpaired) electrons. The molecule has 1 saturated heterocycles. The number of nitrogens with zero attached hydrogens (tertiary/aromatic N) is 1. The predicted molar refractivity (Wildman–Crippen MR) is 65.7 cm³/mol. The second-order valence-corrected chi connectivity index (χ2v) is 4.34. The normalized spacial score (nSPS) is 19.9. The quantitative estimate of drug-likeness (QED) is 0.611. The molecule has 0 bridgehead atoms. The number of halogens is 1. The summed E-state index contributed by atoms with van der Waals surface area (Å²) in [7, 11) is 1.47. The van der Waals surface area contributed by atoms with Crippen molar-refractivity contribution in [3.63, 3.8) is 0 Å². The van der Waals surface area contributed by atoms with Gasteiger partial charge in [0.25, 0.3) is 5.91 Å². The molecule has 1 aliphatic rings. The summed E-state index contributed by atoms with van der Waals surface area (Å²) in [5.41, 5.74) is 6.71. The largest absolute Gasteiger partial charge is 0.399 e. The maximum atomic E-state index is 11.7.